The quantitative estimate of drug-likeness (QED) is 0.346. The maximum Gasteiger partial charge on any atom is 0.269 e. The maximum atomic E-state index is 13.3. The van der Waals surface area contributed by atoms with E-state index in [4.69, 9.17) is 4.74 Å². The van der Waals surface area contributed by atoms with Crippen molar-refractivity contribution in [2.75, 3.05) is 5.32 Å². The Labute approximate surface area is 194 Å². The van der Waals surface area contributed by atoms with Crippen LogP contribution in [0.1, 0.15) is 16.7 Å². The van der Waals surface area contributed by atoms with Gasteiger partial charge in [0.1, 0.15) is 34.4 Å². The van der Waals surface area contributed by atoms with E-state index in [1.807, 2.05) is 32.0 Å². The average molecular weight is 454 g/mol. The van der Waals surface area contributed by atoms with Crippen molar-refractivity contribution in [1.82, 2.24) is 9.38 Å². The number of nitrogens with one attached hydrogen (secondary N) is 1. The molecule has 4 rings (SSSR count). The Morgan fingerprint density at radius 1 is 1.15 bits per heavy atom. The Kier molecular flexibility index (Phi) is 6.19. The Bertz CT molecular complexity index is 1530. The lowest BCUT2D eigenvalue weighted by Gasteiger charge is -2.12. The highest BCUT2D eigenvalue weighted by Gasteiger charge is 2.18. The van der Waals surface area contributed by atoms with Gasteiger partial charge in [0.2, 0.25) is 5.88 Å². The summed E-state index contributed by atoms with van der Waals surface area (Å²) in [6.45, 7) is 3.71. The summed E-state index contributed by atoms with van der Waals surface area (Å²) in [5, 5.41) is 12.2. The monoisotopic (exact) mass is 454 g/mol. The molecular weight excluding hydrogens is 435 g/mol. The number of nitrogens with zero attached hydrogens (tertiary/aromatic N) is 3. The second kappa shape index (κ2) is 9.38. The Hall–Kier alpha value is -4.77. The standard InChI is InChI=1S/C26H19FN4O3/c1-16-5-3-7-21(13-16)34-25-22(26(33)31-12-4-6-17(2)23(31)30-25)14-18(15-28)24(32)29-20-10-8-19(27)9-11-20/h3-14H,1-2H3,(H,29,32)/b18-14-. The number of aromatic nitrogens is 2. The molecule has 2 aromatic heterocycles. The van der Waals surface area contributed by atoms with Gasteiger partial charge in [0.15, 0.2) is 0 Å². The summed E-state index contributed by atoms with van der Waals surface area (Å²) in [7, 11) is 0. The molecule has 1 N–H and O–H groups in total. The van der Waals surface area contributed by atoms with Gasteiger partial charge in [0, 0.05) is 11.9 Å². The van der Waals surface area contributed by atoms with E-state index < -0.39 is 17.3 Å². The van der Waals surface area contributed by atoms with E-state index in [0.717, 1.165) is 17.2 Å². The third kappa shape index (κ3) is 4.69. The largest absolute Gasteiger partial charge is 0.438 e. The SMILES string of the molecule is Cc1cccc(Oc2nc3c(C)cccn3c(=O)c2/C=C(/C#N)C(=O)Nc2ccc(F)cc2)c1. The van der Waals surface area contributed by atoms with E-state index >= 15 is 0 Å². The number of rotatable bonds is 5. The summed E-state index contributed by atoms with van der Waals surface area (Å²) in [6.07, 6.45) is 2.70. The predicted molar refractivity (Wildman–Crippen MR) is 126 cm³/mol. The second-order valence-electron chi connectivity index (χ2n) is 7.57. The highest BCUT2D eigenvalue weighted by molar-refractivity contribution is 6.09. The van der Waals surface area contributed by atoms with Gasteiger partial charge in [0.25, 0.3) is 11.5 Å². The number of carbonyl (C=O) groups is 1. The topological polar surface area (TPSA) is 96.5 Å². The van der Waals surface area contributed by atoms with E-state index in [0.29, 0.717) is 17.1 Å². The molecule has 0 unspecified atom stereocenters. The fourth-order valence-corrected chi connectivity index (χ4v) is 3.31. The number of fused-ring (bicyclic) bond motifs is 1. The molecule has 8 heteroatoms. The molecule has 7 nitrogen and oxygen atoms in total. The number of amides is 1. The Morgan fingerprint density at radius 2 is 1.91 bits per heavy atom. The molecule has 2 heterocycles. The van der Waals surface area contributed by atoms with Crippen LogP contribution in [0.3, 0.4) is 0 Å². The van der Waals surface area contributed by atoms with Gasteiger partial charge >= 0.3 is 0 Å². The van der Waals surface area contributed by atoms with Gasteiger partial charge in [-0.2, -0.15) is 10.2 Å². The average Bonchev–Trinajstić information content (AvgIpc) is 2.81. The number of nitriles is 1. The summed E-state index contributed by atoms with van der Waals surface area (Å²) in [5.41, 5.74) is 1.48. The lowest BCUT2D eigenvalue weighted by Crippen LogP contribution is -2.20. The zero-order valence-electron chi connectivity index (χ0n) is 18.4. The molecule has 2 aromatic carbocycles. The molecule has 0 radical (unpaired) electrons. The Balaban J connectivity index is 1.83. The summed E-state index contributed by atoms with van der Waals surface area (Å²) < 4.78 is 20.4. The van der Waals surface area contributed by atoms with E-state index in [1.54, 1.807) is 30.5 Å². The molecule has 0 aliphatic heterocycles. The number of aryl methyl sites for hydroxylation is 2. The van der Waals surface area contributed by atoms with E-state index in [2.05, 4.69) is 10.3 Å². The number of hydrogen-bond acceptors (Lipinski definition) is 5. The van der Waals surface area contributed by atoms with Crippen molar-refractivity contribution < 1.29 is 13.9 Å². The number of halogens is 1. The number of benzene rings is 2. The van der Waals surface area contributed by atoms with E-state index in [9.17, 15) is 19.2 Å². The van der Waals surface area contributed by atoms with Crippen molar-refractivity contribution in [3.8, 4) is 17.7 Å². The van der Waals surface area contributed by atoms with Gasteiger partial charge in [0.05, 0.1) is 0 Å². The number of ether oxygens (including phenoxy) is 1. The van der Waals surface area contributed by atoms with Gasteiger partial charge in [-0.1, -0.05) is 18.2 Å². The molecule has 34 heavy (non-hydrogen) atoms. The summed E-state index contributed by atoms with van der Waals surface area (Å²) in [4.78, 5) is 30.6. The molecule has 0 aliphatic rings. The number of anilines is 1. The zero-order chi connectivity index (χ0) is 24.2. The number of carbonyl (C=O) groups excluding carboxylic acids is 1. The van der Waals surface area contributed by atoms with Crippen molar-refractivity contribution in [3.63, 3.8) is 0 Å². The lowest BCUT2D eigenvalue weighted by atomic mass is 10.1. The lowest BCUT2D eigenvalue weighted by molar-refractivity contribution is -0.112. The van der Waals surface area contributed by atoms with Crippen LogP contribution >= 0.6 is 0 Å². The first-order valence-corrected chi connectivity index (χ1v) is 10.3. The minimum absolute atomic E-state index is 0.0350. The van der Waals surface area contributed by atoms with Gasteiger partial charge < -0.3 is 10.1 Å². The van der Waals surface area contributed by atoms with Crippen molar-refractivity contribution in [3.05, 3.63) is 105 Å². The molecule has 0 saturated carbocycles. The van der Waals surface area contributed by atoms with Crippen molar-refractivity contribution in [2.45, 2.75) is 13.8 Å². The molecule has 168 valence electrons. The van der Waals surface area contributed by atoms with Gasteiger partial charge in [-0.05, 0) is 73.5 Å². The van der Waals surface area contributed by atoms with Crippen LogP contribution in [0.25, 0.3) is 11.7 Å². The molecule has 0 spiro atoms. The first-order valence-electron chi connectivity index (χ1n) is 10.3. The highest BCUT2D eigenvalue weighted by Crippen LogP contribution is 2.25. The first kappa shape index (κ1) is 22.4. The molecule has 0 saturated heterocycles. The molecule has 0 fully saturated rings. The van der Waals surface area contributed by atoms with Crippen molar-refractivity contribution >= 4 is 23.3 Å². The second-order valence-corrected chi connectivity index (χ2v) is 7.57. The fourth-order valence-electron chi connectivity index (χ4n) is 3.31. The smallest absolute Gasteiger partial charge is 0.269 e. The van der Waals surface area contributed by atoms with Crippen LogP contribution in [-0.2, 0) is 4.79 Å². The molecule has 0 atom stereocenters. The van der Waals surface area contributed by atoms with Crippen LogP contribution in [-0.4, -0.2) is 15.3 Å². The summed E-state index contributed by atoms with van der Waals surface area (Å²) in [5.74, 6) is -0.803. The third-order valence-corrected chi connectivity index (χ3v) is 5.01. The molecule has 1 amide bonds. The first-order chi connectivity index (χ1) is 16.4. The number of pyridine rings is 1. The van der Waals surface area contributed by atoms with Crippen LogP contribution in [0, 0.1) is 31.0 Å². The third-order valence-electron chi connectivity index (χ3n) is 5.01. The molecule has 0 aliphatic carbocycles. The Morgan fingerprint density at radius 3 is 2.62 bits per heavy atom. The van der Waals surface area contributed by atoms with Gasteiger partial charge in [-0.15, -0.1) is 0 Å². The molecule has 0 bridgehead atoms. The summed E-state index contributed by atoms with van der Waals surface area (Å²) in [6, 6.07) is 17.6. The molecular formula is C26H19FN4O3. The molecule has 4 aromatic rings. The van der Waals surface area contributed by atoms with Crippen LogP contribution < -0.4 is 15.6 Å². The van der Waals surface area contributed by atoms with Crippen LogP contribution in [0.15, 0.2) is 77.2 Å². The van der Waals surface area contributed by atoms with Crippen molar-refractivity contribution in [2.24, 2.45) is 0 Å². The maximum absolute atomic E-state index is 13.3. The van der Waals surface area contributed by atoms with Crippen molar-refractivity contribution in [1.29, 1.82) is 5.26 Å². The van der Waals surface area contributed by atoms with Crippen LogP contribution in [0.2, 0.25) is 0 Å². The normalized spacial score (nSPS) is 11.2. The van der Waals surface area contributed by atoms with Crippen LogP contribution in [0.5, 0.6) is 11.6 Å². The number of hydrogen-bond donors (Lipinski definition) is 1. The van der Waals surface area contributed by atoms with E-state index in [1.165, 1.54) is 28.7 Å². The summed E-state index contributed by atoms with van der Waals surface area (Å²) >= 11 is 0. The van der Waals surface area contributed by atoms with Crippen LogP contribution in [0.4, 0.5) is 10.1 Å². The fraction of sp³-hybridized carbons (Fsp3) is 0.0769. The minimum atomic E-state index is -0.760. The van der Waals surface area contributed by atoms with Gasteiger partial charge in [-0.25, -0.2) is 4.39 Å². The predicted octanol–water partition coefficient (Wildman–Crippen LogP) is 4.79. The zero-order valence-corrected chi connectivity index (χ0v) is 18.4. The highest BCUT2D eigenvalue weighted by atomic mass is 19.1. The minimum Gasteiger partial charge on any atom is -0.438 e. The van der Waals surface area contributed by atoms with Gasteiger partial charge in [-0.3, -0.25) is 14.0 Å². The van der Waals surface area contributed by atoms with E-state index in [-0.39, 0.29) is 17.0 Å².